The van der Waals surface area contributed by atoms with Gasteiger partial charge in [0.05, 0.1) is 17.4 Å². The van der Waals surface area contributed by atoms with Gasteiger partial charge in [-0.3, -0.25) is 4.57 Å². The average molecular weight is 228 g/mol. The molecule has 0 spiro atoms. The lowest BCUT2D eigenvalue weighted by atomic mass is 10.2. The molecule has 17 heavy (non-hydrogen) atoms. The van der Waals surface area contributed by atoms with E-state index in [9.17, 15) is 4.79 Å². The van der Waals surface area contributed by atoms with E-state index in [-0.39, 0.29) is 5.69 Å². The van der Waals surface area contributed by atoms with Crippen LogP contribution in [-0.2, 0) is 6.54 Å². The lowest BCUT2D eigenvalue weighted by Gasteiger charge is -2.02. The van der Waals surface area contributed by atoms with Gasteiger partial charge in [-0.2, -0.15) is 5.10 Å². The lowest BCUT2D eigenvalue weighted by molar-refractivity contribution is 0.737. The molecule has 5 nitrogen and oxygen atoms in total. The highest BCUT2D eigenvalue weighted by molar-refractivity contribution is 5.77. The Bertz CT molecular complexity index is 719. The van der Waals surface area contributed by atoms with Crippen LogP contribution in [0.1, 0.15) is 6.92 Å². The second-order valence-electron chi connectivity index (χ2n) is 3.81. The third kappa shape index (κ3) is 1.39. The molecule has 3 aromatic heterocycles. The highest BCUT2D eigenvalue weighted by Gasteiger charge is 2.11. The van der Waals surface area contributed by atoms with E-state index >= 15 is 0 Å². The van der Waals surface area contributed by atoms with Gasteiger partial charge in [-0.1, -0.05) is 6.07 Å². The maximum Gasteiger partial charge on any atom is 0.325 e. The number of rotatable bonds is 2. The molecule has 86 valence electrons. The minimum absolute atomic E-state index is 0.0854. The van der Waals surface area contributed by atoms with Crippen molar-refractivity contribution in [2.75, 3.05) is 0 Å². The van der Waals surface area contributed by atoms with Crippen molar-refractivity contribution in [3.05, 3.63) is 47.3 Å². The van der Waals surface area contributed by atoms with Gasteiger partial charge < -0.3 is 4.98 Å². The lowest BCUT2D eigenvalue weighted by Crippen LogP contribution is -2.16. The molecule has 1 N–H and O–H groups in total. The minimum atomic E-state index is -0.0854. The summed E-state index contributed by atoms with van der Waals surface area (Å²) in [7, 11) is 0. The fourth-order valence-corrected chi connectivity index (χ4v) is 2.06. The molecule has 3 heterocycles. The molecule has 0 amide bonds. The Morgan fingerprint density at radius 2 is 2.29 bits per heavy atom. The van der Waals surface area contributed by atoms with Crippen LogP contribution >= 0.6 is 0 Å². The van der Waals surface area contributed by atoms with Crippen molar-refractivity contribution < 1.29 is 0 Å². The number of aromatic amines is 1. The Morgan fingerprint density at radius 1 is 1.41 bits per heavy atom. The number of nitrogens with zero attached hydrogens (tertiary/aromatic N) is 3. The number of imidazole rings is 1. The topological polar surface area (TPSA) is 55.1 Å². The first-order valence-corrected chi connectivity index (χ1v) is 5.52. The Morgan fingerprint density at radius 3 is 3.12 bits per heavy atom. The molecule has 3 aromatic rings. The van der Waals surface area contributed by atoms with Gasteiger partial charge in [-0.15, -0.1) is 0 Å². The van der Waals surface area contributed by atoms with Crippen LogP contribution in [0.25, 0.3) is 16.8 Å². The van der Waals surface area contributed by atoms with E-state index in [4.69, 9.17) is 0 Å². The van der Waals surface area contributed by atoms with Crippen molar-refractivity contribution in [2.45, 2.75) is 13.5 Å². The normalized spacial score (nSPS) is 11.1. The Kier molecular flexibility index (Phi) is 2.11. The van der Waals surface area contributed by atoms with E-state index in [1.165, 1.54) is 0 Å². The van der Waals surface area contributed by atoms with Crippen molar-refractivity contribution in [3.8, 4) is 11.3 Å². The molecule has 0 saturated heterocycles. The maximum atomic E-state index is 11.6. The smallest absolute Gasteiger partial charge is 0.312 e. The first-order valence-electron chi connectivity index (χ1n) is 5.52. The van der Waals surface area contributed by atoms with Crippen molar-refractivity contribution in [3.63, 3.8) is 0 Å². The molecule has 0 aromatic carbocycles. The Hall–Kier alpha value is -2.30. The van der Waals surface area contributed by atoms with E-state index in [1.807, 2.05) is 31.3 Å². The summed E-state index contributed by atoms with van der Waals surface area (Å²) in [6, 6.07) is 5.87. The second kappa shape index (κ2) is 3.62. The van der Waals surface area contributed by atoms with Crippen LogP contribution in [0.4, 0.5) is 0 Å². The first kappa shape index (κ1) is 9.89. The average Bonchev–Trinajstić information content (AvgIpc) is 2.92. The van der Waals surface area contributed by atoms with Crippen LogP contribution in [0.3, 0.4) is 0 Å². The predicted molar refractivity (Wildman–Crippen MR) is 64.9 cm³/mol. The third-order valence-corrected chi connectivity index (χ3v) is 2.89. The standard InChI is InChI=1S/C12H12N4O/c1-2-15-11(8-13-12(15)17)9-7-14-16-6-4-3-5-10(9)16/h3-8H,2H2,1H3,(H,13,17). The van der Waals surface area contributed by atoms with Crippen LogP contribution in [0.5, 0.6) is 0 Å². The van der Waals surface area contributed by atoms with Crippen LogP contribution in [0, 0.1) is 0 Å². The summed E-state index contributed by atoms with van der Waals surface area (Å²) in [5, 5.41) is 4.27. The largest absolute Gasteiger partial charge is 0.325 e. The van der Waals surface area contributed by atoms with E-state index in [1.54, 1.807) is 21.5 Å². The fourth-order valence-electron chi connectivity index (χ4n) is 2.06. The Labute approximate surface area is 97.3 Å². The zero-order valence-corrected chi connectivity index (χ0v) is 9.42. The van der Waals surface area contributed by atoms with Gasteiger partial charge in [0.1, 0.15) is 0 Å². The molecular formula is C12H12N4O. The summed E-state index contributed by atoms with van der Waals surface area (Å²) in [6.45, 7) is 2.59. The zero-order valence-electron chi connectivity index (χ0n) is 9.42. The van der Waals surface area contributed by atoms with Crippen LogP contribution in [-0.4, -0.2) is 19.2 Å². The number of hydrogen-bond acceptors (Lipinski definition) is 2. The van der Waals surface area contributed by atoms with Crippen molar-refractivity contribution in [1.82, 2.24) is 19.2 Å². The van der Waals surface area contributed by atoms with Crippen LogP contribution in [0.15, 0.2) is 41.6 Å². The summed E-state index contributed by atoms with van der Waals surface area (Å²) in [6.07, 6.45) is 5.40. The van der Waals surface area contributed by atoms with Crippen molar-refractivity contribution in [2.24, 2.45) is 0 Å². The molecule has 0 radical (unpaired) electrons. The van der Waals surface area contributed by atoms with Gasteiger partial charge in [0.2, 0.25) is 0 Å². The number of fused-ring (bicyclic) bond motifs is 1. The summed E-state index contributed by atoms with van der Waals surface area (Å²) >= 11 is 0. The molecule has 0 bridgehead atoms. The molecule has 3 rings (SSSR count). The molecule has 0 atom stereocenters. The number of nitrogens with one attached hydrogen (secondary N) is 1. The monoisotopic (exact) mass is 228 g/mol. The van der Waals surface area contributed by atoms with Gasteiger partial charge in [0.15, 0.2) is 0 Å². The van der Waals surface area contributed by atoms with E-state index in [0.29, 0.717) is 6.54 Å². The molecule has 0 aliphatic rings. The second-order valence-corrected chi connectivity index (χ2v) is 3.81. The van der Waals surface area contributed by atoms with E-state index < -0.39 is 0 Å². The van der Waals surface area contributed by atoms with Crippen molar-refractivity contribution >= 4 is 5.52 Å². The maximum absolute atomic E-state index is 11.6. The molecule has 0 aliphatic carbocycles. The highest BCUT2D eigenvalue weighted by Crippen LogP contribution is 2.22. The van der Waals surface area contributed by atoms with Crippen LogP contribution < -0.4 is 5.69 Å². The third-order valence-electron chi connectivity index (χ3n) is 2.89. The number of hydrogen-bond donors (Lipinski definition) is 1. The van der Waals surface area contributed by atoms with Gasteiger partial charge in [-0.05, 0) is 19.1 Å². The quantitative estimate of drug-likeness (QED) is 0.722. The van der Waals surface area contributed by atoms with E-state index in [0.717, 1.165) is 16.8 Å². The fraction of sp³-hybridized carbons (Fsp3) is 0.167. The highest BCUT2D eigenvalue weighted by atomic mass is 16.1. The molecule has 0 fully saturated rings. The van der Waals surface area contributed by atoms with Gasteiger partial charge in [0.25, 0.3) is 0 Å². The SMILES string of the molecule is CCn1c(-c2cnn3ccccc23)c[nH]c1=O. The van der Waals surface area contributed by atoms with Gasteiger partial charge in [-0.25, -0.2) is 9.31 Å². The molecular weight excluding hydrogens is 216 g/mol. The molecule has 0 aliphatic heterocycles. The summed E-state index contributed by atoms with van der Waals surface area (Å²) in [5.41, 5.74) is 2.75. The molecule has 0 unspecified atom stereocenters. The van der Waals surface area contributed by atoms with Gasteiger partial charge >= 0.3 is 5.69 Å². The Balaban J connectivity index is 2.31. The predicted octanol–water partition coefficient (Wildman–Crippen LogP) is 1.51. The summed E-state index contributed by atoms with van der Waals surface area (Å²) < 4.78 is 3.50. The number of H-pyrrole nitrogens is 1. The summed E-state index contributed by atoms with van der Waals surface area (Å²) in [4.78, 5) is 14.3. The van der Waals surface area contributed by atoms with E-state index in [2.05, 4.69) is 10.1 Å². The number of pyridine rings is 1. The zero-order chi connectivity index (χ0) is 11.8. The van der Waals surface area contributed by atoms with Gasteiger partial charge in [0, 0.05) is 24.5 Å². The molecule has 0 saturated carbocycles. The van der Waals surface area contributed by atoms with Crippen LogP contribution in [0.2, 0.25) is 0 Å². The van der Waals surface area contributed by atoms with Crippen molar-refractivity contribution in [1.29, 1.82) is 0 Å². The summed E-state index contributed by atoms with van der Waals surface area (Å²) in [5.74, 6) is 0. The molecule has 5 heteroatoms. The first-order chi connectivity index (χ1) is 8.31. The minimum Gasteiger partial charge on any atom is -0.312 e. The number of aromatic nitrogens is 4.